The minimum atomic E-state index is 0.830. The smallest absolute Gasteiger partial charge is 0.119 e. The Hall–Kier alpha value is -1.02. The molecule has 0 atom stereocenters. The number of hydrogen-bond donors (Lipinski definition) is 1. The maximum atomic E-state index is 5.75. The van der Waals surface area contributed by atoms with Crippen molar-refractivity contribution in [2.45, 2.75) is 46.5 Å². The molecule has 0 aromatic heterocycles. The molecule has 0 aliphatic rings. The van der Waals surface area contributed by atoms with E-state index in [1.807, 2.05) is 0 Å². The van der Waals surface area contributed by atoms with Crippen LogP contribution in [0.25, 0.3) is 0 Å². The van der Waals surface area contributed by atoms with Gasteiger partial charge in [0.2, 0.25) is 0 Å². The third-order valence-electron chi connectivity index (χ3n) is 3.17. The van der Waals surface area contributed by atoms with E-state index < -0.39 is 0 Å². The first-order chi connectivity index (χ1) is 8.74. The molecule has 102 valence electrons. The lowest BCUT2D eigenvalue weighted by atomic mass is 10.1. The average Bonchev–Trinajstić information content (AvgIpc) is 2.37. The van der Waals surface area contributed by atoms with E-state index in [1.165, 1.54) is 30.4 Å². The highest BCUT2D eigenvalue weighted by Crippen LogP contribution is 2.16. The Morgan fingerprint density at radius 2 is 1.83 bits per heavy atom. The Kier molecular flexibility index (Phi) is 7.51. The number of nitrogens with one attached hydrogen (secondary N) is 1. The van der Waals surface area contributed by atoms with E-state index in [2.05, 4.69) is 44.3 Å². The van der Waals surface area contributed by atoms with Crippen molar-refractivity contribution < 1.29 is 4.74 Å². The van der Waals surface area contributed by atoms with Gasteiger partial charge >= 0.3 is 0 Å². The van der Waals surface area contributed by atoms with Crippen molar-refractivity contribution in [1.82, 2.24) is 5.32 Å². The largest absolute Gasteiger partial charge is 0.494 e. The normalized spacial score (nSPS) is 10.6. The summed E-state index contributed by atoms with van der Waals surface area (Å²) in [7, 11) is 0. The van der Waals surface area contributed by atoms with Gasteiger partial charge in [0, 0.05) is 0 Å². The zero-order valence-electron chi connectivity index (χ0n) is 12.1. The fraction of sp³-hybridized carbons (Fsp3) is 0.625. The highest BCUT2D eigenvalue weighted by Gasteiger charge is 1.97. The summed E-state index contributed by atoms with van der Waals surface area (Å²) in [6.45, 7) is 9.56. The molecule has 18 heavy (non-hydrogen) atoms. The first-order valence-electron chi connectivity index (χ1n) is 7.15. The van der Waals surface area contributed by atoms with E-state index in [0.29, 0.717) is 0 Å². The summed E-state index contributed by atoms with van der Waals surface area (Å²) in [6.07, 6.45) is 4.84. The highest BCUT2D eigenvalue weighted by atomic mass is 16.5. The van der Waals surface area contributed by atoms with Crippen molar-refractivity contribution in [3.8, 4) is 5.75 Å². The van der Waals surface area contributed by atoms with Crippen LogP contribution in [0.5, 0.6) is 5.75 Å². The molecule has 0 aliphatic carbocycles. The topological polar surface area (TPSA) is 21.3 Å². The van der Waals surface area contributed by atoms with Crippen LogP contribution in [0.4, 0.5) is 0 Å². The molecule has 0 heterocycles. The lowest BCUT2D eigenvalue weighted by Crippen LogP contribution is -2.15. The van der Waals surface area contributed by atoms with Crippen molar-refractivity contribution in [2.75, 3.05) is 19.7 Å². The van der Waals surface area contributed by atoms with Gasteiger partial charge in [-0.25, -0.2) is 0 Å². The summed E-state index contributed by atoms with van der Waals surface area (Å²) >= 11 is 0. The van der Waals surface area contributed by atoms with E-state index in [-0.39, 0.29) is 0 Å². The predicted octanol–water partition coefficient (Wildman–Crippen LogP) is 3.85. The van der Waals surface area contributed by atoms with Crippen LogP contribution in [0.2, 0.25) is 0 Å². The van der Waals surface area contributed by atoms with Gasteiger partial charge in [0.1, 0.15) is 5.75 Å². The van der Waals surface area contributed by atoms with Crippen molar-refractivity contribution in [3.63, 3.8) is 0 Å². The standard InChI is InChI=1S/C16H27NO/c1-4-10-17-11-6-5-7-12-18-16-9-8-14(2)15(3)13-16/h8-9,13,17H,4-7,10-12H2,1-3H3. The van der Waals surface area contributed by atoms with Gasteiger partial charge in [-0.05, 0) is 75.9 Å². The minimum absolute atomic E-state index is 0.830. The highest BCUT2D eigenvalue weighted by molar-refractivity contribution is 5.33. The number of unbranched alkanes of at least 4 members (excludes halogenated alkanes) is 2. The van der Waals surface area contributed by atoms with Gasteiger partial charge in [-0.1, -0.05) is 13.0 Å². The zero-order valence-corrected chi connectivity index (χ0v) is 12.1. The quantitative estimate of drug-likeness (QED) is 0.671. The molecule has 1 aromatic carbocycles. The van der Waals surface area contributed by atoms with Gasteiger partial charge in [-0.2, -0.15) is 0 Å². The molecule has 0 aliphatic heterocycles. The molecule has 0 saturated heterocycles. The van der Waals surface area contributed by atoms with Gasteiger partial charge in [-0.3, -0.25) is 0 Å². The molecule has 0 radical (unpaired) electrons. The summed E-state index contributed by atoms with van der Waals surface area (Å²) in [5, 5.41) is 3.42. The molecule has 2 heteroatoms. The van der Waals surface area contributed by atoms with E-state index in [0.717, 1.165) is 31.9 Å². The van der Waals surface area contributed by atoms with Gasteiger partial charge in [-0.15, -0.1) is 0 Å². The molecular weight excluding hydrogens is 222 g/mol. The molecule has 0 unspecified atom stereocenters. The van der Waals surface area contributed by atoms with Crippen LogP contribution >= 0.6 is 0 Å². The van der Waals surface area contributed by atoms with Gasteiger partial charge < -0.3 is 10.1 Å². The third kappa shape index (κ3) is 6.06. The minimum Gasteiger partial charge on any atom is -0.494 e. The summed E-state index contributed by atoms with van der Waals surface area (Å²) < 4.78 is 5.75. The van der Waals surface area contributed by atoms with E-state index in [4.69, 9.17) is 4.74 Å². The Bertz CT molecular complexity index is 336. The van der Waals surface area contributed by atoms with Crippen molar-refractivity contribution >= 4 is 0 Å². The zero-order chi connectivity index (χ0) is 13.2. The fourth-order valence-corrected chi connectivity index (χ4v) is 1.82. The number of rotatable bonds is 9. The molecule has 0 spiro atoms. The second-order valence-corrected chi connectivity index (χ2v) is 4.91. The second kappa shape index (κ2) is 8.98. The van der Waals surface area contributed by atoms with Crippen LogP contribution in [0.3, 0.4) is 0 Å². The van der Waals surface area contributed by atoms with Crippen LogP contribution in [0, 0.1) is 13.8 Å². The van der Waals surface area contributed by atoms with Gasteiger partial charge in [0.25, 0.3) is 0 Å². The first-order valence-corrected chi connectivity index (χ1v) is 7.15. The van der Waals surface area contributed by atoms with E-state index >= 15 is 0 Å². The SMILES string of the molecule is CCCNCCCCCOc1ccc(C)c(C)c1. The Labute approximate surface area is 112 Å². The molecule has 0 amide bonds. The van der Waals surface area contributed by atoms with Gasteiger partial charge in [0.05, 0.1) is 6.61 Å². The monoisotopic (exact) mass is 249 g/mol. The molecule has 0 fully saturated rings. The lowest BCUT2D eigenvalue weighted by Gasteiger charge is -2.08. The molecule has 1 aromatic rings. The van der Waals surface area contributed by atoms with Crippen LogP contribution < -0.4 is 10.1 Å². The third-order valence-corrected chi connectivity index (χ3v) is 3.17. The molecule has 0 bridgehead atoms. The molecule has 2 nitrogen and oxygen atoms in total. The lowest BCUT2D eigenvalue weighted by molar-refractivity contribution is 0.304. The summed E-state index contributed by atoms with van der Waals surface area (Å²) in [5.41, 5.74) is 2.63. The Morgan fingerprint density at radius 3 is 2.56 bits per heavy atom. The van der Waals surface area contributed by atoms with E-state index in [9.17, 15) is 0 Å². The van der Waals surface area contributed by atoms with Crippen LogP contribution in [-0.2, 0) is 0 Å². The number of hydrogen-bond acceptors (Lipinski definition) is 2. The number of aryl methyl sites for hydroxylation is 2. The molecular formula is C16H27NO. The average molecular weight is 249 g/mol. The number of ether oxygens (including phenoxy) is 1. The second-order valence-electron chi connectivity index (χ2n) is 4.91. The summed E-state index contributed by atoms with van der Waals surface area (Å²) in [6, 6.07) is 6.31. The van der Waals surface area contributed by atoms with Crippen molar-refractivity contribution in [2.24, 2.45) is 0 Å². The fourth-order valence-electron chi connectivity index (χ4n) is 1.82. The Balaban J connectivity index is 2.05. The maximum absolute atomic E-state index is 5.75. The predicted molar refractivity (Wildman–Crippen MR) is 78.4 cm³/mol. The van der Waals surface area contributed by atoms with Crippen molar-refractivity contribution in [3.05, 3.63) is 29.3 Å². The summed E-state index contributed by atoms with van der Waals surface area (Å²) in [5.74, 6) is 1.00. The van der Waals surface area contributed by atoms with Crippen LogP contribution in [-0.4, -0.2) is 19.7 Å². The van der Waals surface area contributed by atoms with E-state index in [1.54, 1.807) is 0 Å². The first kappa shape index (κ1) is 15.0. The molecule has 1 N–H and O–H groups in total. The number of benzene rings is 1. The summed E-state index contributed by atoms with van der Waals surface area (Å²) in [4.78, 5) is 0. The van der Waals surface area contributed by atoms with Crippen LogP contribution in [0.1, 0.15) is 43.7 Å². The van der Waals surface area contributed by atoms with Gasteiger partial charge in [0.15, 0.2) is 0 Å². The molecule has 1 rings (SSSR count). The van der Waals surface area contributed by atoms with Crippen molar-refractivity contribution in [1.29, 1.82) is 0 Å². The molecule has 0 saturated carbocycles. The maximum Gasteiger partial charge on any atom is 0.119 e. The Morgan fingerprint density at radius 1 is 1.00 bits per heavy atom. The van der Waals surface area contributed by atoms with Crippen LogP contribution in [0.15, 0.2) is 18.2 Å².